The van der Waals surface area contributed by atoms with Gasteiger partial charge in [0.2, 0.25) is 11.8 Å². The molecular formula is C7H12Br2N2O2. The number of hydrogen-bond donors (Lipinski definition) is 2. The van der Waals surface area contributed by atoms with Gasteiger partial charge in [0.15, 0.2) is 0 Å². The number of carbonyl (C=O) groups is 2. The summed E-state index contributed by atoms with van der Waals surface area (Å²) in [6, 6.07) is 0. The van der Waals surface area contributed by atoms with Gasteiger partial charge >= 0.3 is 0 Å². The number of alkyl halides is 2. The fourth-order valence-corrected chi connectivity index (χ4v) is 1.31. The van der Waals surface area contributed by atoms with Crippen LogP contribution >= 0.6 is 31.9 Å². The predicted octanol–water partition coefficient (Wildman–Crippen LogP) is 0.746. The van der Waals surface area contributed by atoms with Crippen LogP contribution < -0.4 is 10.6 Å². The molecule has 0 aromatic heterocycles. The Hall–Kier alpha value is -0.100. The van der Waals surface area contributed by atoms with E-state index in [0.29, 0.717) is 23.5 Å². The van der Waals surface area contributed by atoms with Gasteiger partial charge in [-0.2, -0.15) is 0 Å². The summed E-state index contributed by atoms with van der Waals surface area (Å²) in [5, 5.41) is 6.38. The van der Waals surface area contributed by atoms with E-state index in [9.17, 15) is 9.59 Å². The van der Waals surface area contributed by atoms with Gasteiger partial charge in [-0.15, -0.1) is 0 Å². The molecule has 0 saturated heterocycles. The Balaban J connectivity index is 3.33. The summed E-state index contributed by atoms with van der Waals surface area (Å²) >= 11 is 6.28. The lowest BCUT2D eigenvalue weighted by atomic mass is 10.4. The minimum Gasteiger partial charge on any atom is -0.339 e. The molecule has 0 fully saturated rings. The minimum absolute atomic E-state index is 0.0731. The van der Waals surface area contributed by atoms with Gasteiger partial charge in [-0.1, -0.05) is 31.9 Å². The third-order valence-electron chi connectivity index (χ3n) is 1.21. The highest BCUT2D eigenvalue weighted by Crippen LogP contribution is 1.87. The number of halogens is 2. The average Bonchev–Trinajstić information content (AvgIpc) is 2.05. The fourth-order valence-electron chi connectivity index (χ4n) is 0.590. The van der Waals surface area contributed by atoms with Crippen LogP contribution in [-0.2, 0) is 9.59 Å². The van der Waals surface area contributed by atoms with Crippen molar-refractivity contribution >= 4 is 43.7 Å². The lowest BCUT2D eigenvalue weighted by Crippen LogP contribution is -2.37. The number of amides is 2. The van der Waals surface area contributed by atoms with Crippen LogP contribution in [0.5, 0.6) is 0 Å². The van der Waals surface area contributed by atoms with Gasteiger partial charge < -0.3 is 10.6 Å². The Bertz CT molecular complexity index is 158. The zero-order chi connectivity index (χ0) is 10.1. The molecule has 0 rings (SSSR count). The second-order valence-corrected chi connectivity index (χ2v) is 3.84. The van der Waals surface area contributed by atoms with Crippen LogP contribution in [0.4, 0.5) is 0 Å². The van der Waals surface area contributed by atoms with Gasteiger partial charge in [0, 0.05) is 23.5 Å². The van der Waals surface area contributed by atoms with Crippen molar-refractivity contribution in [3.63, 3.8) is 0 Å². The van der Waals surface area contributed by atoms with E-state index in [0.717, 1.165) is 0 Å². The van der Waals surface area contributed by atoms with Crippen LogP contribution in [0.2, 0.25) is 0 Å². The number of hydrogen-bond acceptors (Lipinski definition) is 2. The first kappa shape index (κ1) is 12.9. The summed E-state index contributed by atoms with van der Waals surface area (Å²) in [4.78, 5) is 21.8. The number of rotatable bonds is 6. The third-order valence-corrected chi connectivity index (χ3v) is 2.01. The second-order valence-electron chi connectivity index (χ2n) is 2.25. The summed E-state index contributed by atoms with van der Waals surface area (Å²) < 4.78 is 0. The molecule has 0 aliphatic rings. The molecule has 76 valence electrons. The molecule has 0 saturated carbocycles. The predicted molar refractivity (Wildman–Crippen MR) is 58.0 cm³/mol. The largest absolute Gasteiger partial charge is 0.339 e. The summed E-state index contributed by atoms with van der Waals surface area (Å²) in [6.45, 7) is 0.206. The summed E-state index contributed by atoms with van der Waals surface area (Å²) in [6.07, 6.45) is 0.850. The average molecular weight is 316 g/mol. The Labute approximate surface area is 94.1 Å². The first-order chi connectivity index (χ1) is 6.20. The van der Waals surface area contributed by atoms with E-state index in [1.54, 1.807) is 0 Å². The van der Waals surface area contributed by atoms with Crippen LogP contribution in [0, 0.1) is 0 Å². The van der Waals surface area contributed by atoms with E-state index < -0.39 is 0 Å². The summed E-state index contributed by atoms with van der Waals surface area (Å²) in [5.41, 5.74) is 0. The van der Waals surface area contributed by atoms with E-state index >= 15 is 0 Å². The van der Waals surface area contributed by atoms with E-state index in [2.05, 4.69) is 42.5 Å². The summed E-state index contributed by atoms with van der Waals surface area (Å²) in [5.74, 6) is -0.146. The maximum Gasteiger partial charge on any atom is 0.222 e. The van der Waals surface area contributed by atoms with Gasteiger partial charge in [-0.3, -0.25) is 9.59 Å². The zero-order valence-corrected chi connectivity index (χ0v) is 10.3. The maximum absolute atomic E-state index is 10.9. The Morgan fingerprint density at radius 2 is 1.31 bits per heavy atom. The number of nitrogens with one attached hydrogen (secondary N) is 2. The molecule has 0 radical (unpaired) electrons. The monoisotopic (exact) mass is 314 g/mol. The SMILES string of the molecule is O=C(CCBr)NCNC(=O)CCBr. The summed E-state index contributed by atoms with van der Waals surface area (Å²) in [7, 11) is 0. The maximum atomic E-state index is 10.9. The molecular weight excluding hydrogens is 304 g/mol. The van der Waals surface area contributed by atoms with Gasteiger partial charge in [-0.25, -0.2) is 0 Å². The van der Waals surface area contributed by atoms with Gasteiger partial charge in [0.1, 0.15) is 0 Å². The smallest absolute Gasteiger partial charge is 0.222 e. The molecule has 13 heavy (non-hydrogen) atoms. The Morgan fingerprint density at radius 1 is 0.923 bits per heavy atom. The van der Waals surface area contributed by atoms with Gasteiger partial charge in [-0.05, 0) is 0 Å². The normalized spacial score (nSPS) is 9.38. The van der Waals surface area contributed by atoms with E-state index in [4.69, 9.17) is 0 Å². The van der Waals surface area contributed by atoms with Crippen molar-refractivity contribution in [2.45, 2.75) is 12.8 Å². The van der Waals surface area contributed by atoms with Crippen LogP contribution in [0.15, 0.2) is 0 Å². The molecule has 2 N–H and O–H groups in total. The third kappa shape index (κ3) is 8.24. The van der Waals surface area contributed by atoms with Crippen LogP contribution in [-0.4, -0.2) is 29.1 Å². The zero-order valence-electron chi connectivity index (χ0n) is 7.11. The van der Waals surface area contributed by atoms with Crippen molar-refractivity contribution in [1.82, 2.24) is 10.6 Å². The lowest BCUT2D eigenvalue weighted by molar-refractivity contribution is -0.122. The molecule has 6 heteroatoms. The molecule has 0 aromatic carbocycles. The molecule has 0 atom stereocenters. The van der Waals surface area contributed by atoms with Crippen molar-refractivity contribution < 1.29 is 9.59 Å². The second kappa shape index (κ2) is 8.50. The van der Waals surface area contributed by atoms with Gasteiger partial charge in [0.05, 0.1) is 6.67 Å². The molecule has 0 aromatic rings. The Morgan fingerprint density at radius 3 is 1.62 bits per heavy atom. The minimum atomic E-state index is -0.0731. The standard InChI is InChI=1S/C7H12Br2N2O2/c8-3-1-6(12)10-5-11-7(13)2-4-9/h1-5H2,(H,10,12)(H,11,13). The highest BCUT2D eigenvalue weighted by Gasteiger charge is 2.00. The van der Waals surface area contributed by atoms with Gasteiger partial charge in [0.25, 0.3) is 0 Å². The van der Waals surface area contributed by atoms with Crippen molar-refractivity contribution in [2.24, 2.45) is 0 Å². The highest BCUT2D eigenvalue weighted by atomic mass is 79.9. The molecule has 0 heterocycles. The molecule has 4 nitrogen and oxygen atoms in total. The van der Waals surface area contributed by atoms with Crippen molar-refractivity contribution in [3.05, 3.63) is 0 Å². The molecule has 0 aliphatic heterocycles. The van der Waals surface area contributed by atoms with Crippen molar-refractivity contribution in [2.75, 3.05) is 17.3 Å². The quantitative estimate of drug-likeness (QED) is 0.561. The lowest BCUT2D eigenvalue weighted by Gasteiger charge is -2.05. The first-order valence-electron chi connectivity index (χ1n) is 3.86. The molecule has 2 amide bonds. The van der Waals surface area contributed by atoms with E-state index in [1.807, 2.05) is 0 Å². The first-order valence-corrected chi connectivity index (χ1v) is 6.10. The van der Waals surface area contributed by atoms with Crippen LogP contribution in [0.1, 0.15) is 12.8 Å². The molecule has 0 unspecified atom stereocenters. The van der Waals surface area contributed by atoms with E-state index in [-0.39, 0.29) is 18.5 Å². The van der Waals surface area contributed by atoms with Crippen molar-refractivity contribution in [1.29, 1.82) is 0 Å². The van der Waals surface area contributed by atoms with Crippen LogP contribution in [0.25, 0.3) is 0 Å². The van der Waals surface area contributed by atoms with E-state index in [1.165, 1.54) is 0 Å². The highest BCUT2D eigenvalue weighted by molar-refractivity contribution is 9.09. The Kier molecular flexibility index (Phi) is 8.43. The fraction of sp³-hybridized carbons (Fsp3) is 0.714. The molecule has 0 bridgehead atoms. The number of carbonyl (C=O) groups excluding carboxylic acids is 2. The topological polar surface area (TPSA) is 58.2 Å². The molecule has 0 spiro atoms. The van der Waals surface area contributed by atoms with Crippen molar-refractivity contribution in [3.8, 4) is 0 Å². The molecule has 0 aliphatic carbocycles. The van der Waals surface area contributed by atoms with Crippen LogP contribution in [0.3, 0.4) is 0 Å².